The van der Waals surface area contributed by atoms with Crippen molar-refractivity contribution in [2.75, 3.05) is 6.54 Å². The first-order chi connectivity index (χ1) is 10.6. The first-order valence-electron chi connectivity index (χ1n) is 7.46. The molecule has 1 N–H and O–H groups in total. The highest BCUT2D eigenvalue weighted by Gasteiger charge is 2.12. The van der Waals surface area contributed by atoms with Gasteiger partial charge in [-0.2, -0.15) is 0 Å². The van der Waals surface area contributed by atoms with E-state index in [1.54, 1.807) is 24.3 Å². The molecule has 0 spiro atoms. The van der Waals surface area contributed by atoms with Gasteiger partial charge in [-0.25, -0.2) is 8.78 Å². The summed E-state index contributed by atoms with van der Waals surface area (Å²) in [4.78, 5) is 2.08. The van der Waals surface area contributed by atoms with Gasteiger partial charge in [-0.3, -0.25) is 4.90 Å². The highest BCUT2D eigenvalue weighted by molar-refractivity contribution is 5.18. The normalized spacial score (nSPS) is 12.6. The molecule has 0 radical (unpaired) electrons. The Hall–Kier alpha value is -1.78. The van der Waals surface area contributed by atoms with Crippen LogP contribution >= 0.6 is 0 Å². The molecule has 2 rings (SSSR count). The number of hydrogen-bond acceptors (Lipinski definition) is 2. The maximum atomic E-state index is 13.0. The number of nitrogens with zero attached hydrogens (tertiary/aromatic N) is 1. The fourth-order valence-corrected chi connectivity index (χ4v) is 2.31. The van der Waals surface area contributed by atoms with Crippen LogP contribution in [0, 0.1) is 11.6 Å². The summed E-state index contributed by atoms with van der Waals surface area (Å²) in [6.07, 6.45) is 0.254. The number of hydrogen-bond donors (Lipinski definition) is 1. The van der Waals surface area contributed by atoms with Gasteiger partial charge < -0.3 is 5.11 Å². The quantitative estimate of drug-likeness (QED) is 0.842. The third-order valence-electron chi connectivity index (χ3n) is 3.58. The molecule has 0 aliphatic heterocycles. The Kier molecular flexibility index (Phi) is 6.04. The predicted molar refractivity (Wildman–Crippen MR) is 83.2 cm³/mol. The molecule has 0 bridgehead atoms. The molecule has 0 unspecified atom stereocenters. The summed E-state index contributed by atoms with van der Waals surface area (Å²) in [5.74, 6) is -0.523. The molecule has 2 aromatic rings. The van der Waals surface area contributed by atoms with E-state index in [4.69, 9.17) is 0 Å². The summed E-state index contributed by atoms with van der Waals surface area (Å²) in [7, 11) is 0. The minimum absolute atomic E-state index is 0.262. The average molecular weight is 305 g/mol. The van der Waals surface area contributed by atoms with Crippen LogP contribution in [-0.2, 0) is 13.1 Å². The lowest BCUT2D eigenvalue weighted by Crippen LogP contribution is -2.31. The Morgan fingerprint density at radius 1 is 0.864 bits per heavy atom. The van der Waals surface area contributed by atoms with Gasteiger partial charge in [0, 0.05) is 19.6 Å². The predicted octanol–water partition coefficient (Wildman–Crippen LogP) is 3.74. The van der Waals surface area contributed by atoms with Gasteiger partial charge in [-0.15, -0.1) is 0 Å². The molecule has 0 aliphatic rings. The van der Waals surface area contributed by atoms with Crippen LogP contribution < -0.4 is 0 Å². The Morgan fingerprint density at radius 2 is 1.27 bits per heavy atom. The van der Waals surface area contributed by atoms with Crippen LogP contribution in [0.25, 0.3) is 0 Å². The molecule has 0 saturated heterocycles. The van der Waals surface area contributed by atoms with Crippen molar-refractivity contribution >= 4 is 0 Å². The smallest absolute Gasteiger partial charge is 0.123 e. The summed E-state index contributed by atoms with van der Waals surface area (Å²) in [5, 5.41) is 9.91. The molecular weight excluding hydrogens is 284 g/mol. The van der Waals surface area contributed by atoms with E-state index in [0.29, 0.717) is 26.1 Å². The number of rotatable bonds is 7. The van der Waals surface area contributed by atoms with Gasteiger partial charge in [0.25, 0.3) is 0 Å². The summed E-state index contributed by atoms with van der Waals surface area (Å²) in [6.45, 7) is 3.66. The van der Waals surface area contributed by atoms with Gasteiger partial charge in [-0.05, 0) is 41.8 Å². The van der Waals surface area contributed by atoms with Gasteiger partial charge >= 0.3 is 0 Å². The second-order valence-corrected chi connectivity index (χ2v) is 5.48. The van der Waals surface area contributed by atoms with Crippen LogP contribution in [0.15, 0.2) is 48.5 Å². The van der Waals surface area contributed by atoms with E-state index in [1.165, 1.54) is 24.3 Å². The third-order valence-corrected chi connectivity index (χ3v) is 3.58. The zero-order valence-corrected chi connectivity index (χ0v) is 12.7. The largest absolute Gasteiger partial charge is 0.392 e. The van der Waals surface area contributed by atoms with Crippen LogP contribution in [0.1, 0.15) is 24.5 Å². The molecular formula is C18H21F2NO. The number of benzene rings is 2. The van der Waals surface area contributed by atoms with E-state index in [9.17, 15) is 13.9 Å². The summed E-state index contributed by atoms with van der Waals surface area (Å²) in [6, 6.07) is 12.7. The molecule has 0 aliphatic carbocycles. The monoisotopic (exact) mass is 305 g/mol. The van der Waals surface area contributed by atoms with E-state index in [-0.39, 0.29) is 11.6 Å². The molecule has 4 heteroatoms. The molecule has 0 saturated carbocycles. The van der Waals surface area contributed by atoms with Crippen molar-refractivity contribution in [3.05, 3.63) is 71.3 Å². The topological polar surface area (TPSA) is 23.5 Å². The van der Waals surface area contributed by atoms with Crippen LogP contribution in [0.5, 0.6) is 0 Å². The Balaban J connectivity index is 2.07. The fraction of sp³-hybridized carbons (Fsp3) is 0.333. The van der Waals surface area contributed by atoms with Gasteiger partial charge in [0.1, 0.15) is 11.6 Å². The van der Waals surface area contributed by atoms with Gasteiger partial charge in [-0.1, -0.05) is 31.2 Å². The van der Waals surface area contributed by atoms with E-state index in [2.05, 4.69) is 4.90 Å². The second-order valence-electron chi connectivity index (χ2n) is 5.48. The van der Waals surface area contributed by atoms with E-state index in [1.807, 2.05) is 6.92 Å². The highest BCUT2D eigenvalue weighted by atomic mass is 19.1. The van der Waals surface area contributed by atoms with Crippen molar-refractivity contribution < 1.29 is 13.9 Å². The van der Waals surface area contributed by atoms with Crippen LogP contribution in [0.4, 0.5) is 8.78 Å². The van der Waals surface area contributed by atoms with E-state index in [0.717, 1.165) is 11.1 Å². The van der Waals surface area contributed by atoms with Crippen molar-refractivity contribution in [2.45, 2.75) is 32.5 Å². The lowest BCUT2D eigenvalue weighted by Gasteiger charge is -2.25. The zero-order chi connectivity index (χ0) is 15.9. The maximum absolute atomic E-state index is 13.0. The van der Waals surface area contributed by atoms with Gasteiger partial charge in [0.15, 0.2) is 0 Å². The summed E-state index contributed by atoms with van der Waals surface area (Å²) < 4.78 is 26.0. The minimum atomic E-state index is -0.416. The maximum Gasteiger partial charge on any atom is 0.123 e. The van der Waals surface area contributed by atoms with Crippen molar-refractivity contribution in [3.8, 4) is 0 Å². The Morgan fingerprint density at radius 3 is 1.64 bits per heavy atom. The van der Waals surface area contributed by atoms with Crippen molar-refractivity contribution in [1.29, 1.82) is 0 Å². The molecule has 0 amide bonds. The fourth-order valence-electron chi connectivity index (χ4n) is 2.31. The third kappa shape index (κ3) is 5.20. The van der Waals surface area contributed by atoms with Crippen LogP contribution in [0.3, 0.4) is 0 Å². The zero-order valence-electron chi connectivity index (χ0n) is 12.7. The number of aliphatic hydroxyl groups is 1. The molecule has 2 nitrogen and oxygen atoms in total. The average Bonchev–Trinajstić information content (AvgIpc) is 2.51. The standard InChI is InChI=1S/C18H21F2NO/c1-2-18(22)13-21(11-14-3-7-16(19)8-4-14)12-15-5-9-17(20)10-6-15/h3-10,18,22H,2,11-13H2,1H3/t18-/m1/s1. The van der Waals surface area contributed by atoms with Gasteiger partial charge in [0.2, 0.25) is 0 Å². The van der Waals surface area contributed by atoms with Crippen molar-refractivity contribution in [1.82, 2.24) is 4.90 Å². The molecule has 0 aromatic heterocycles. The Bertz CT molecular complexity index is 521. The first-order valence-corrected chi connectivity index (χ1v) is 7.46. The molecule has 2 aromatic carbocycles. The summed E-state index contributed by atoms with van der Waals surface area (Å²) >= 11 is 0. The molecule has 22 heavy (non-hydrogen) atoms. The van der Waals surface area contributed by atoms with Crippen molar-refractivity contribution in [2.24, 2.45) is 0 Å². The summed E-state index contributed by atoms with van der Waals surface area (Å²) in [5.41, 5.74) is 1.96. The molecule has 0 heterocycles. The van der Waals surface area contributed by atoms with Crippen LogP contribution in [-0.4, -0.2) is 22.7 Å². The number of aliphatic hydroxyl groups excluding tert-OH is 1. The van der Waals surface area contributed by atoms with E-state index >= 15 is 0 Å². The first kappa shape index (κ1) is 16.6. The van der Waals surface area contributed by atoms with E-state index < -0.39 is 6.10 Å². The molecule has 118 valence electrons. The second kappa shape index (κ2) is 8.01. The van der Waals surface area contributed by atoms with Crippen molar-refractivity contribution in [3.63, 3.8) is 0 Å². The molecule has 1 atom stereocenters. The van der Waals surface area contributed by atoms with Gasteiger partial charge in [0.05, 0.1) is 6.10 Å². The highest BCUT2D eigenvalue weighted by Crippen LogP contribution is 2.13. The lowest BCUT2D eigenvalue weighted by molar-refractivity contribution is 0.101. The Labute approximate surface area is 130 Å². The lowest BCUT2D eigenvalue weighted by atomic mass is 10.1. The SMILES string of the molecule is CC[C@@H](O)CN(Cc1ccc(F)cc1)Cc1ccc(F)cc1. The molecule has 0 fully saturated rings. The number of halogens is 2. The minimum Gasteiger partial charge on any atom is -0.392 e. The van der Waals surface area contributed by atoms with Crippen LogP contribution in [0.2, 0.25) is 0 Å².